The van der Waals surface area contributed by atoms with Crippen LogP contribution >= 0.6 is 0 Å². The van der Waals surface area contributed by atoms with Crippen LogP contribution in [0.25, 0.3) is 0 Å². The molecule has 14 heavy (non-hydrogen) atoms. The van der Waals surface area contributed by atoms with Gasteiger partial charge in [0.1, 0.15) is 5.76 Å². The number of benzene rings is 1. The molecule has 1 aromatic carbocycles. The molecule has 0 spiro atoms. The van der Waals surface area contributed by atoms with Crippen molar-refractivity contribution in [3.63, 3.8) is 0 Å². The van der Waals surface area contributed by atoms with Crippen LogP contribution in [0.3, 0.4) is 0 Å². The molecule has 0 aliphatic rings. The molecular formula is C11H12N2O. The summed E-state index contributed by atoms with van der Waals surface area (Å²) in [4.78, 5) is 0. The van der Waals surface area contributed by atoms with Gasteiger partial charge in [0.15, 0.2) is 5.82 Å². The lowest BCUT2D eigenvalue weighted by molar-refractivity contribution is 0.378. The summed E-state index contributed by atoms with van der Waals surface area (Å²) in [6, 6.07) is 11.9. The Morgan fingerprint density at radius 1 is 1.29 bits per heavy atom. The van der Waals surface area contributed by atoms with E-state index in [0.29, 0.717) is 5.82 Å². The van der Waals surface area contributed by atoms with E-state index < -0.39 is 0 Å². The summed E-state index contributed by atoms with van der Waals surface area (Å²) in [7, 11) is 0. The lowest BCUT2D eigenvalue weighted by Gasteiger charge is -2.06. The normalized spacial score (nSPS) is 12.6. The number of nitrogens with two attached hydrogens (primary N) is 1. The van der Waals surface area contributed by atoms with Crippen molar-refractivity contribution in [3.8, 4) is 0 Å². The predicted molar refractivity (Wildman–Crippen MR) is 54.9 cm³/mol. The summed E-state index contributed by atoms with van der Waals surface area (Å²) in [6.45, 7) is 2.06. The van der Waals surface area contributed by atoms with Gasteiger partial charge < -0.3 is 10.3 Å². The average molecular weight is 188 g/mol. The van der Waals surface area contributed by atoms with Gasteiger partial charge in [-0.05, 0) is 5.56 Å². The first-order valence-corrected chi connectivity index (χ1v) is 4.54. The minimum absolute atomic E-state index is 0.195. The monoisotopic (exact) mass is 188 g/mol. The zero-order chi connectivity index (χ0) is 9.97. The molecule has 0 bridgehead atoms. The van der Waals surface area contributed by atoms with Gasteiger partial charge in [-0.1, -0.05) is 42.4 Å². The van der Waals surface area contributed by atoms with Crippen LogP contribution in [-0.2, 0) is 0 Å². The summed E-state index contributed by atoms with van der Waals surface area (Å²) in [6.07, 6.45) is 0. The first-order chi connectivity index (χ1) is 6.77. The topological polar surface area (TPSA) is 52.0 Å². The van der Waals surface area contributed by atoms with E-state index >= 15 is 0 Å². The Balaban J connectivity index is 2.29. The summed E-state index contributed by atoms with van der Waals surface area (Å²) in [5.41, 5.74) is 6.69. The van der Waals surface area contributed by atoms with Crippen LogP contribution in [-0.4, -0.2) is 5.16 Å². The van der Waals surface area contributed by atoms with Crippen molar-refractivity contribution in [2.75, 3.05) is 5.73 Å². The third kappa shape index (κ3) is 1.62. The lowest BCUT2D eigenvalue weighted by atomic mass is 9.99. The first kappa shape index (κ1) is 8.81. The van der Waals surface area contributed by atoms with Gasteiger partial charge >= 0.3 is 0 Å². The first-order valence-electron chi connectivity index (χ1n) is 4.54. The summed E-state index contributed by atoms with van der Waals surface area (Å²) >= 11 is 0. The van der Waals surface area contributed by atoms with E-state index in [2.05, 4.69) is 24.2 Å². The molecule has 0 aliphatic heterocycles. The number of hydrogen-bond donors (Lipinski definition) is 1. The molecule has 3 nitrogen and oxygen atoms in total. The number of anilines is 1. The number of nitrogen functional groups attached to an aromatic ring is 1. The largest absolute Gasteiger partial charge is 0.381 e. The van der Waals surface area contributed by atoms with Crippen LogP contribution < -0.4 is 5.73 Å². The van der Waals surface area contributed by atoms with Gasteiger partial charge in [-0.3, -0.25) is 0 Å². The van der Waals surface area contributed by atoms with Gasteiger partial charge in [-0.25, -0.2) is 0 Å². The molecule has 1 unspecified atom stereocenters. The number of nitrogens with zero attached hydrogens (tertiary/aromatic N) is 1. The maximum Gasteiger partial charge on any atom is 0.167 e. The molecule has 0 aliphatic carbocycles. The van der Waals surface area contributed by atoms with Gasteiger partial charge in [-0.2, -0.15) is 0 Å². The minimum atomic E-state index is 0.195. The SMILES string of the molecule is CC(c1ccccc1)c1cc(N)no1. The standard InChI is InChI=1S/C11H12N2O/c1-8(9-5-3-2-4-6-9)10-7-11(12)13-14-10/h2-8H,1H3,(H2,12,13). The fraction of sp³-hybridized carbons (Fsp3) is 0.182. The Hall–Kier alpha value is -1.77. The zero-order valence-electron chi connectivity index (χ0n) is 7.97. The van der Waals surface area contributed by atoms with Crippen LogP contribution in [0.5, 0.6) is 0 Å². The molecule has 2 aromatic rings. The van der Waals surface area contributed by atoms with Crippen molar-refractivity contribution < 1.29 is 4.52 Å². The second kappa shape index (κ2) is 3.54. The number of aromatic nitrogens is 1. The third-order valence-corrected chi connectivity index (χ3v) is 2.27. The molecule has 1 aromatic heterocycles. The lowest BCUT2D eigenvalue weighted by Crippen LogP contribution is -1.93. The van der Waals surface area contributed by atoms with Crippen LogP contribution in [0.15, 0.2) is 40.9 Å². The Labute approximate surface area is 82.5 Å². The second-order valence-corrected chi connectivity index (χ2v) is 3.29. The highest BCUT2D eigenvalue weighted by Crippen LogP contribution is 2.24. The van der Waals surface area contributed by atoms with Gasteiger partial charge in [0.2, 0.25) is 0 Å². The minimum Gasteiger partial charge on any atom is -0.381 e. The highest BCUT2D eigenvalue weighted by atomic mass is 16.5. The third-order valence-electron chi connectivity index (χ3n) is 2.27. The van der Waals surface area contributed by atoms with Crippen LogP contribution in [0.4, 0.5) is 5.82 Å². The molecule has 1 atom stereocenters. The van der Waals surface area contributed by atoms with Gasteiger partial charge in [0.05, 0.1) is 0 Å². The van der Waals surface area contributed by atoms with Crippen molar-refractivity contribution in [1.29, 1.82) is 0 Å². The highest BCUT2D eigenvalue weighted by Gasteiger charge is 2.12. The molecule has 3 heteroatoms. The molecule has 2 N–H and O–H groups in total. The van der Waals surface area contributed by atoms with E-state index in [1.807, 2.05) is 18.2 Å². The van der Waals surface area contributed by atoms with Gasteiger partial charge in [0, 0.05) is 12.0 Å². The van der Waals surface area contributed by atoms with Crippen molar-refractivity contribution >= 4 is 5.82 Å². The number of hydrogen-bond acceptors (Lipinski definition) is 3. The zero-order valence-corrected chi connectivity index (χ0v) is 7.97. The quantitative estimate of drug-likeness (QED) is 0.787. The van der Waals surface area contributed by atoms with E-state index in [0.717, 1.165) is 5.76 Å². The molecule has 72 valence electrons. The van der Waals surface area contributed by atoms with E-state index in [1.54, 1.807) is 6.07 Å². The predicted octanol–water partition coefficient (Wildman–Crippen LogP) is 2.41. The van der Waals surface area contributed by atoms with Crippen LogP contribution in [0.1, 0.15) is 24.2 Å². The Bertz CT molecular complexity index is 408. The molecule has 0 radical (unpaired) electrons. The smallest absolute Gasteiger partial charge is 0.167 e. The van der Waals surface area contributed by atoms with Gasteiger partial charge in [-0.15, -0.1) is 0 Å². The molecule has 0 saturated carbocycles. The van der Waals surface area contributed by atoms with Crippen molar-refractivity contribution in [2.45, 2.75) is 12.8 Å². The van der Waals surface area contributed by atoms with Gasteiger partial charge in [0.25, 0.3) is 0 Å². The van der Waals surface area contributed by atoms with Crippen molar-refractivity contribution in [1.82, 2.24) is 5.16 Å². The summed E-state index contributed by atoms with van der Waals surface area (Å²) in [5.74, 6) is 1.43. The Kier molecular flexibility index (Phi) is 2.23. The van der Waals surface area contributed by atoms with E-state index in [-0.39, 0.29) is 5.92 Å². The molecule has 0 fully saturated rings. The number of rotatable bonds is 2. The molecule has 0 amide bonds. The van der Waals surface area contributed by atoms with E-state index in [9.17, 15) is 0 Å². The fourth-order valence-electron chi connectivity index (χ4n) is 1.41. The van der Waals surface area contributed by atoms with E-state index in [1.165, 1.54) is 5.56 Å². The average Bonchev–Trinajstić information content (AvgIpc) is 2.65. The van der Waals surface area contributed by atoms with Crippen molar-refractivity contribution in [3.05, 3.63) is 47.7 Å². The summed E-state index contributed by atoms with van der Waals surface area (Å²) < 4.78 is 5.11. The van der Waals surface area contributed by atoms with Crippen molar-refractivity contribution in [2.24, 2.45) is 0 Å². The maximum atomic E-state index is 5.49. The molecule has 1 heterocycles. The Morgan fingerprint density at radius 3 is 2.57 bits per heavy atom. The van der Waals surface area contributed by atoms with E-state index in [4.69, 9.17) is 10.3 Å². The molecule has 0 saturated heterocycles. The highest BCUT2D eigenvalue weighted by molar-refractivity contribution is 5.33. The maximum absolute atomic E-state index is 5.49. The summed E-state index contributed by atoms with van der Waals surface area (Å²) in [5, 5.41) is 3.67. The molecule has 2 rings (SSSR count). The Morgan fingerprint density at radius 2 is 2.00 bits per heavy atom. The molecular weight excluding hydrogens is 176 g/mol. The van der Waals surface area contributed by atoms with Crippen LogP contribution in [0.2, 0.25) is 0 Å². The second-order valence-electron chi connectivity index (χ2n) is 3.29. The fourth-order valence-corrected chi connectivity index (χ4v) is 1.41. The van der Waals surface area contributed by atoms with Crippen LogP contribution in [0, 0.1) is 0 Å².